The Labute approximate surface area is 109 Å². The Morgan fingerprint density at radius 1 is 1.37 bits per heavy atom. The van der Waals surface area contributed by atoms with Gasteiger partial charge in [0.1, 0.15) is 6.04 Å². The predicted octanol–water partition coefficient (Wildman–Crippen LogP) is 1.02. The summed E-state index contributed by atoms with van der Waals surface area (Å²) in [5.74, 6) is -0.250. The minimum absolute atomic E-state index is 0.194. The molecule has 6 heteroatoms. The zero-order chi connectivity index (χ0) is 13.8. The highest BCUT2D eigenvalue weighted by molar-refractivity contribution is 5.94. The Kier molecular flexibility index (Phi) is 3.70. The maximum Gasteiger partial charge on any atom is 0.325 e. The van der Waals surface area contributed by atoms with Gasteiger partial charge in [-0.2, -0.15) is 0 Å². The fourth-order valence-corrected chi connectivity index (χ4v) is 1.51. The molecule has 1 unspecified atom stereocenters. The lowest BCUT2D eigenvalue weighted by Gasteiger charge is -2.05. The van der Waals surface area contributed by atoms with Crippen molar-refractivity contribution in [3.63, 3.8) is 0 Å². The van der Waals surface area contributed by atoms with Crippen LogP contribution in [-0.2, 0) is 9.59 Å². The Balaban J connectivity index is 1.98. The lowest BCUT2D eigenvalue weighted by molar-refractivity contribution is -0.140. The van der Waals surface area contributed by atoms with Crippen LogP contribution >= 0.6 is 0 Å². The van der Waals surface area contributed by atoms with E-state index >= 15 is 0 Å². The van der Waals surface area contributed by atoms with Crippen LogP contribution in [0.15, 0.2) is 24.3 Å². The summed E-state index contributed by atoms with van der Waals surface area (Å²) in [6.45, 7) is 1.59. The first-order valence-corrected chi connectivity index (χ1v) is 5.67. The van der Waals surface area contributed by atoms with Crippen molar-refractivity contribution in [3.8, 4) is 11.5 Å². The number of nitrogens with one attached hydrogen (secondary N) is 1. The van der Waals surface area contributed by atoms with Gasteiger partial charge >= 0.3 is 5.97 Å². The second-order valence-corrected chi connectivity index (χ2v) is 4.01. The molecular formula is C13H13NO5. The fourth-order valence-electron chi connectivity index (χ4n) is 1.51. The second-order valence-electron chi connectivity index (χ2n) is 4.01. The molecule has 100 valence electrons. The Hall–Kier alpha value is -2.50. The van der Waals surface area contributed by atoms with Crippen LogP contribution in [0.2, 0.25) is 0 Å². The maximum atomic E-state index is 11.4. The van der Waals surface area contributed by atoms with E-state index in [2.05, 4.69) is 5.32 Å². The zero-order valence-corrected chi connectivity index (χ0v) is 10.3. The quantitative estimate of drug-likeness (QED) is 0.792. The van der Waals surface area contributed by atoms with E-state index in [9.17, 15) is 9.59 Å². The molecular weight excluding hydrogens is 250 g/mol. The number of hydrogen-bond donors (Lipinski definition) is 2. The monoisotopic (exact) mass is 263 g/mol. The van der Waals surface area contributed by atoms with Crippen LogP contribution < -0.4 is 14.8 Å². The summed E-state index contributed by atoms with van der Waals surface area (Å²) in [7, 11) is 0. The molecule has 1 aromatic carbocycles. The summed E-state index contributed by atoms with van der Waals surface area (Å²) < 4.78 is 10.4. The van der Waals surface area contributed by atoms with Gasteiger partial charge in [0, 0.05) is 6.08 Å². The number of fused-ring (bicyclic) bond motifs is 1. The molecule has 0 saturated heterocycles. The summed E-state index contributed by atoms with van der Waals surface area (Å²) in [5, 5.41) is 11.0. The zero-order valence-electron chi connectivity index (χ0n) is 10.3. The SMILES string of the molecule is CC(NC(=O)/C=C/c1ccc2c(c1)OCO2)C(=O)O. The molecule has 1 heterocycles. The van der Waals surface area contributed by atoms with Crippen LogP contribution in [0, 0.1) is 0 Å². The second kappa shape index (κ2) is 5.43. The van der Waals surface area contributed by atoms with Gasteiger partial charge in [-0.1, -0.05) is 6.07 Å². The van der Waals surface area contributed by atoms with Gasteiger partial charge in [-0.25, -0.2) is 0 Å². The van der Waals surface area contributed by atoms with E-state index in [1.165, 1.54) is 13.0 Å². The van der Waals surface area contributed by atoms with Crippen LogP contribution in [0.25, 0.3) is 6.08 Å². The molecule has 2 rings (SSSR count). The Morgan fingerprint density at radius 3 is 2.84 bits per heavy atom. The molecule has 0 bridgehead atoms. The Bertz CT molecular complexity index is 538. The first kappa shape index (κ1) is 12.9. The van der Waals surface area contributed by atoms with Crippen LogP contribution in [0.5, 0.6) is 11.5 Å². The average molecular weight is 263 g/mol. The first-order valence-electron chi connectivity index (χ1n) is 5.67. The van der Waals surface area contributed by atoms with Gasteiger partial charge in [-0.3, -0.25) is 9.59 Å². The van der Waals surface area contributed by atoms with Crippen molar-refractivity contribution in [2.75, 3.05) is 6.79 Å². The standard InChI is InChI=1S/C13H13NO5/c1-8(13(16)17)14-12(15)5-3-9-2-4-10-11(6-9)19-7-18-10/h2-6,8H,7H2,1H3,(H,14,15)(H,16,17)/b5-3+. The lowest BCUT2D eigenvalue weighted by Crippen LogP contribution is -2.37. The summed E-state index contributed by atoms with van der Waals surface area (Å²) in [4.78, 5) is 22.0. The van der Waals surface area contributed by atoms with Gasteiger partial charge in [-0.05, 0) is 30.7 Å². The largest absolute Gasteiger partial charge is 0.480 e. The molecule has 1 amide bonds. The lowest BCUT2D eigenvalue weighted by atomic mass is 10.2. The van der Waals surface area contributed by atoms with Crippen LogP contribution in [0.3, 0.4) is 0 Å². The number of benzene rings is 1. The molecule has 1 aliphatic heterocycles. The van der Waals surface area contributed by atoms with Crippen molar-refractivity contribution in [2.24, 2.45) is 0 Å². The van der Waals surface area contributed by atoms with Crippen molar-refractivity contribution in [1.29, 1.82) is 0 Å². The smallest absolute Gasteiger partial charge is 0.325 e. The molecule has 0 radical (unpaired) electrons. The minimum atomic E-state index is -1.08. The van der Waals surface area contributed by atoms with E-state index in [1.54, 1.807) is 24.3 Å². The van der Waals surface area contributed by atoms with E-state index in [4.69, 9.17) is 14.6 Å². The van der Waals surface area contributed by atoms with Crippen molar-refractivity contribution >= 4 is 18.0 Å². The van der Waals surface area contributed by atoms with Gasteiger partial charge < -0.3 is 19.9 Å². The van der Waals surface area contributed by atoms with Crippen molar-refractivity contribution in [1.82, 2.24) is 5.32 Å². The van der Waals surface area contributed by atoms with E-state index in [0.717, 1.165) is 5.56 Å². The van der Waals surface area contributed by atoms with E-state index in [-0.39, 0.29) is 6.79 Å². The maximum absolute atomic E-state index is 11.4. The highest BCUT2D eigenvalue weighted by atomic mass is 16.7. The number of carboxylic acids is 1. The van der Waals surface area contributed by atoms with Crippen molar-refractivity contribution in [2.45, 2.75) is 13.0 Å². The number of rotatable bonds is 4. The molecule has 2 N–H and O–H groups in total. The molecule has 0 fully saturated rings. The molecule has 1 aromatic rings. The molecule has 1 aliphatic rings. The Morgan fingerprint density at radius 2 is 2.11 bits per heavy atom. The number of carbonyl (C=O) groups is 2. The number of aliphatic carboxylic acids is 1. The summed E-state index contributed by atoms with van der Waals surface area (Å²) in [6, 6.07) is 4.35. The molecule has 6 nitrogen and oxygen atoms in total. The van der Waals surface area contributed by atoms with Crippen molar-refractivity contribution in [3.05, 3.63) is 29.8 Å². The van der Waals surface area contributed by atoms with E-state index in [1.807, 2.05) is 0 Å². The third-order valence-electron chi connectivity index (χ3n) is 2.55. The fraction of sp³-hybridized carbons (Fsp3) is 0.231. The normalized spacial score (nSPS) is 14.4. The average Bonchev–Trinajstić information content (AvgIpc) is 2.83. The van der Waals surface area contributed by atoms with Crippen LogP contribution in [0.4, 0.5) is 0 Å². The third-order valence-corrected chi connectivity index (χ3v) is 2.55. The number of carbonyl (C=O) groups excluding carboxylic acids is 1. The molecule has 0 saturated carbocycles. The number of ether oxygens (including phenoxy) is 2. The first-order chi connectivity index (χ1) is 9.06. The van der Waals surface area contributed by atoms with Gasteiger partial charge in [0.25, 0.3) is 0 Å². The predicted molar refractivity (Wildman–Crippen MR) is 66.8 cm³/mol. The molecule has 0 spiro atoms. The van der Waals surface area contributed by atoms with Gasteiger partial charge in [0.2, 0.25) is 12.7 Å². The number of amides is 1. The number of hydrogen-bond acceptors (Lipinski definition) is 4. The van der Waals surface area contributed by atoms with E-state index < -0.39 is 17.9 Å². The third kappa shape index (κ3) is 3.25. The highest BCUT2D eigenvalue weighted by Gasteiger charge is 2.13. The topological polar surface area (TPSA) is 84.9 Å². The van der Waals surface area contributed by atoms with Gasteiger partial charge in [0.05, 0.1) is 0 Å². The highest BCUT2D eigenvalue weighted by Crippen LogP contribution is 2.32. The summed E-state index contributed by atoms with van der Waals surface area (Å²) >= 11 is 0. The molecule has 19 heavy (non-hydrogen) atoms. The van der Waals surface area contributed by atoms with E-state index in [0.29, 0.717) is 11.5 Å². The molecule has 0 aliphatic carbocycles. The number of carboxylic acid groups (broad SMARTS) is 1. The van der Waals surface area contributed by atoms with Crippen LogP contribution in [-0.4, -0.2) is 29.8 Å². The molecule has 0 aromatic heterocycles. The molecule has 1 atom stereocenters. The summed E-state index contributed by atoms with van der Waals surface area (Å²) in [6.07, 6.45) is 2.85. The summed E-state index contributed by atoms with van der Waals surface area (Å²) in [5.41, 5.74) is 0.766. The minimum Gasteiger partial charge on any atom is -0.480 e. The van der Waals surface area contributed by atoms with Crippen molar-refractivity contribution < 1.29 is 24.2 Å². The van der Waals surface area contributed by atoms with Gasteiger partial charge in [0.15, 0.2) is 11.5 Å². The van der Waals surface area contributed by atoms with Gasteiger partial charge in [-0.15, -0.1) is 0 Å². The van der Waals surface area contributed by atoms with Crippen LogP contribution in [0.1, 0.15) is 12.5 Å².